The van der Waals surface area contributed by atoms with Crippen molar-refractivity contribution in [3.8, 4) is 0 Å². The van der Waals surface area contributed by atoms with Crippen molar-refractivity contribution in [3.05, 3.63) is 29.6 Å². The Morgan fingerprint density at radius 2 is 2.16 bits per heavy atom. The third kappa shape index (κ3) is 3.44. The predicted molar refractivity (Wildman–Crippen MR) is 71.8 cm³/mol. The van der Waals surface area contributed by atoms with Gasteiger partial charge in [-0.25, -0.2) is 4.39 Å². The van der Waals surface area contributed by atoms with Crippen molar-refractivity contribution in [2.75, 3.05) is 32.1 Å². The van der Waals surface area contributed by atoms with Crippen LogP contribution in [0.1, 0.15) is 23.2 Å². The highest BCUT2D eigenvalue weighted by Gasteiger charge is 2.17. The molecule has 0 saturated carbocycles. The largest absolute Gasteiger partial charge is 0.385 e. The van der Waals surface area contributed by atoms with E-state index >= 15 is 0 Å². The first-order chi connectivity index (χ1) is 9.22. The standard InChI is InChI=1S/C14H19FN2O2/c1-16-13-11(3-2-4-12(13)15)14(18)17-9-10-5-7-19-8-6-10/h2-4,10,16H,5-9H2,1H3,(H,17,18). The monoisotopic (exact) mass is 266 g/mol. The summed E-state index contributed by atoms with van der Waals surface area (Å²) in [7, 11) is 1.60. The lowest BCUT2D eigenvalue weighted by Crippen LogP contribution is -2.32. The molecule has 2 rings (SSSR count). The minimum Gasteiger partial charge on any atom is -0.385 e. The number of carbonyl (C=O) groups excluding carboxylic acids is 1. The number of rotatable bonds is 4. The Hall–Kier alpha value is -1.62. The summed E-state index contributed by atoms with van der Waals surface area (Å²) in [5, 5.41) is 5.60. The number of para-hydroxylation sites is 1. The van der Waals surface area contributed by atoms with Gasteiger partial charge >= 0.3 is 0 Å². The van der Waals surface area contributed by atoms with Crippen LogP contribution in [0, 0.1) is 11.7 Å². The lowest BCUT2D eigenvalue weighted by atomic mass is 10.0. The Morgan fingerprint density at radius 3 is 2.84 bits per heavy atom. The summed E-state index contributed by atoms with van der Waals surface area (Å²) in [6, 6.07) is 4.49. The molecule has 1 aliphatic heterocycles. The zero-order valence-electron chi connectivity index (χ0n) is 11.0. The number of hydrogen-bond donors (Lipinski definition) is 2. The Labute approximate surface area is 112 Å². The normalized spacial score (nSPS) is 16.1. The molecule has 2 N–H and O–H groups in total. The number of amides is 1. The van der Waals surface area contributed by atoms with Gasteiger partial charge in [0.15, 0.2) is 0 Å². The molecular weight excluding hydrogens is 247 g/mol. The van der Waals surface area contributed by atoms with Crippen molar-refractivity contribution in [2.45, 2.75) is 12.8 Å². The molecule has 0 atom stereocenters. The van der Waals surface area contributed by atoms with Crippen LogP contribution < -0.4 is 10.6 Å². The molecule has 4 nitrogen and oxygen atoms in total. The fourth-order valence-corrected chi connectivity index (χ4v) is 2.25. The summed E-state index contributed by atoms with van der Waals surface area (Å²) >= 11 is 0. The summed E-state index contributed by atoms with van der Waals surface area (Å²) in [6.45, 7) is 2.12. The van der Waals surface area contributed by atoms with Crippen molar-refractivity contribution >= 4 is 11.6 Å². The molecule has 0 aliphatic carbocycles. The first-order valence-corrected chi connectivity index (χ1v) is 6.54. The first kappa shape index (κ1) is 13.8. The molecule has 0 aromatic heterocycles. The Bertz CT molecular complexity index is 445. The number of benzene rings is 1. The molecule has 104 valence electrons. The van der Waals surface area contributed by atoms with E-state index in [-0.39, 0.29) is 11.6 Å². The van der Waals surface area contributed by atoms with Crippen LogP contribution in [0.3, 0.4) is 0 Å². The van der Waals surface area contributed by atoms with E-state index in [0.29, 0.717) is 18.0 Å². The van der Waals surface area contributed by atoms with Gasteiger partial charge in [-0.2, -0.15) is 0 Å². The van der Waals surface area contributed by atoms with Gasteiger partial charge in [0, 0.05) is 26.8 Å². The summed E-state index contributed by atoms with van der Waals surface area (Å²) in [5.41, 5.74) is 0.585. The second-order valence-corrected chi connectivity index (χ2v) is 4.68. The molecule has 0 bridgehead atoms. The van der Waals surface area contributed by atoms with E-state index in [1.807, 2.05) is 0 Å². The first-order valence-electron chi connectivity index (χ1n) is 6.54. The van der Waals surface area contributed by atoms with E-state index in [1.54, 1.807) is 19.2 Å². The quantitative estimate of drug-likeness (QED) is 0.876. The zero-order chi connectivity index (χ0) is 13.7. The Balaban J connectivity index is 1.97. The lowest BCUT2D eigenvalue weighted by Gasteiger charge is -2.22. The molecule has 0 radical (unpaired) electrons. The van der Waals surface area contributed by atoms with Crippen LogP contribution in [0.4, 0.5) is 10.1 Å². The molecule has 1 fully saturated rings. The Morgan fingerprint density at radius 1 is 1.42 bits per heavy atom. The van der Waals surface area contributed by atoms with E-state index in [2.05, 4.69) is 10.6 Å². The fraction of sp³-hybridized carbons (Fsp3) is 0.500. The molecular formula is C14H19FN2O2. The zero-order valence-corrected chi connectivity index (χ0v) is 11.0. The summed E-state index contributed by atoms with van der Waals surface area (Å²) in [5.74, 6) is -0.208. The summed E-state index contributed by atoms with van der Waals surface area (Å²) in [6.07, 6.45) is 1.92. The maximum absolute atomic E-state index is 13.5. The van der Waals surface area contributed by atoms with E-state index in [4.69, 9.17) is 4.74 Å². The topological polar surface area (TPSA) is 50.4 Å². The van der Waals surface area contributed by atoms with Gasteiger partial charge in [0.2, 0.25) is 0 Å². The minimum absolute atomic E-state index is 0.240. The average molecular weight is 266 g/mol. The third-order valence-electron chi connectivity index (χ3n) is 3.40. The molecule has 1 amide bonds. The SMILES string of the molecule is CNc1c(F)cccc1C(=O)NCC1CCOCC1. The van der Waals surface area contributed by atoms with Gasteiger partial charge in [-0.3, -0.25) is 4.79 Å². The maximum atomic E-state index is 13.5. The van der Waals surface area contributed by atoms with Crippen LogP contribution in [0.5, 0.6) is 0 Å². The van der Waals surface area contributed by atoms with Gasteiger partial charge in [0.1, 0.15) is 5.82 Å². The van der Waals surface area contributed by atoms with Crippen LogP contribution in [0.15, 0.2) is 18.2 Å². The van der Waals surface area contributed by atoms with Gasteiger partial charge in [0.25, 0.3) is 5.91 Å². The third-order valence-corrected chi connectivity index (χ3v) is 3.40. The number of hydrogen-bond acceptors (Lipinski definition) is 3. The minimum atomic E-state index is -0.416. The molecule has 0 spiro atoms. The predicted octanol–water partition coefficient (Wildman–Crippen LogP) is 2.02. The Kier molecular flexibility index (Phi) is 4.74. The van der Waals surface area contributed by atoms with Crippen LogP contribution >= 0.6 is 0 Å². The van der Waals surface area contributed by atoms with E-state index in [0.717, 1.165) is 26.1 Å². The van der Waals surface area contributed by atoms with E-state index in [1.165, 1.54) is 6.07 Å². The van der Waals surface area contributed by atoms with Crippen molar-refractivity contribution < 1.29 is 13.9 Å². The highest BCUT2D eigenvalue weighted by atomic mass is 19.1. The van der Waals surface area contributed by atoms with Crippen LogP contribution in [-0.4, -0.2) is 32.7 Å². The molecule has 1 aromatic rings. The van der Waals surface area contributed by atoms with Crippen LogP contribution in [0.2, 0.25) is 0 Å². The lowest BCUT2D eigenvalue weighted by molar-refractivity contribution is 0.0643. The van der Waals surface area contributed by atoms with Crippen molar-refractivity contribution in [1.29, 1.82) is 0 Å². The van der Waals surface area contributed by atoms with Gasteiger partial charge in [-0.15, -0.1) is 0 Å². The van der Waals surface area contributed by atoms with Gasteiger partial charge < -0.3 is 15.4 Å². The van der Waals surface area contributed by atoms with Crippen molar-refractivity contribution in [2.24, 2.45) is 5.92 Å². The van der Waals surface area contributed by atoms with Crippen molar-refractivity contribution in [1.82, 2.24) is 5.32 Å². The van der Waals surface area contributed by atoms with E-state index < -0.39 is 5.82 Å². The molecule has 19 heavy (non-hydrogen) atoms. The highest BCUT2D eigenvalue weighted by molar-refractivity contribution is 5.99. The summed E-state index contributed by atoms with van der Waals surface area (Å²) < 4.78 is 18.8. The van der Waals surface area contributed by atoms with Gasteiger partial charge in [0.05, 0.1) is 11.3 Å². The molecule has 1 aliphatic rings. The molecule has 1 heterocycles. The number of nitrogens with one attached hydrogen (secondary N) is 2. The molecule has 0 unspecified atom stereocenters. The maximum Gasteiger partial charge on any atom is 0.253 e. The van der Waals surface area contributed by atoms with Crippen LogP contribution in [0.25, 0.3) is 0 Å². The number of carbonyl (C=O) groups is 1. The summed E-state index contributed by atoms with van der Waals surface area (Å²) in [4.78, 5) is 12.1. The molecule has 1 aromatic carbocycles. The number of halogens is 1. The average Bonchev–Trinajstić information content (AvgIpc) is 2.45. The van der Waals surface area contributed by atoms with Crippen molar-refractivity contribution in [3.63, 3.8) is 0 Å². The van der Waals surface area contributed by atoms with E-state index in [9.17, 15) is 9.18 Å². The number of ether oxygens (including phenoxy) is 1. The second-order valence-electron chi connectivity index (χ2n) is 4.68. The fourth-order valence-electron chi connectivity index (χ4n) is 2.25. The number of anilines is 1. The molecule has 5 heteroatoms. The smallest absolute Gasteiger partial charge is 0.253 e. The van der Waals surface area contributed by atoms with Crippen LogP contribution in [-0.2, 0) is 4.74 Å². The second kappa shape index (κ2) is 6.52. The molecule has 1 saturated heterocycles. The van der Waals surface area contributed by atoms with Gasteiger partial charge in [-0.05, 0) is 30.9 Å². The van der Waals surface area contributed by atoms with Gasteiger partial charge in [-0.1, -0.05) is 6.07 Å². The highest BCUT2D eigenvalue weighted by Crippen LogP contribution is 2.19.